The number of carbonyl (C=O) groups is 1. The van der Waals surface area contributed by atoms with Crippen LogP contribution in [0.4, 0.5) is 4.39 Å². The van der Waals surface area contributed by atoms with Gasteiger partial charge in [-0.3, -0.25) is 14.2 Å². The Morgan fingerprint density at radius 2 is 1.42 bits per heavy atom. The predicted molar refractivity (Wildman–Crippen MR) is 138 cm³/mol. The molecular formula is C29H28FN3O3. The van der Waals surface area contributed by atoms with Crippen molar-refractivity contribution in [1.29, 1.82) is 0 Å². The van der Waals surface area contributed by atoms with Crippen molar-refractivity contribution in [3.8, 4) is 5.69 Å². The van der Waals surface area contributed by atoms with E-state index in [1.807, 2.05) is 4.90 Å². The van der Waals surface area contributed by atoms with Gasteiger partial charge in [-0.15, -0.1) is 0 Å². The molecule has 0 spiro atoms. The van der Waals surface area contributed by atoms with E-state index in [9.17, 15) is 18.8 Å². The van der Waals surface area contributed by atoms with E-state index in [1.54, 1.807) is 60.7 Å². The largest absolute Gasteiger partial charge is 0.342 e. The van der Waals surface area contributed by atoms with Gasteiger partial charge < -0.3 is 4.90 Å². The second-order valence-electron chi connectivity index (χ2n) is 9.29. The maximum absolute atomic E-state index is 13.6. The Balaban J connectivity index is 1.49. The Morgan fingerprint density at radius 1 is 0.778 bits per heavy atom. The number of amides is 1. The van der Waals surface area contributed by atoms with Crippen LogP contribution in [0.15, 0.2) is 82.4 Å². The summed E-state index contributed by atoms with van der Waals surface area (Å²) >= 11 is 0. The van der Waals surface area contributed by atoms with Crippen molar-refractivity contribution < 1.29 is 9.18 Å². The number of likely N-dealkylation sites (tertiary alicyclic amines) is 1. The highest BCUT2D eigenvalue weighted by molar-refractivity contribution is 5.79. The van der Waals surface area contributed by atoms with Crippen LogP contribution in [-0.4, -0.2) is 33.0 Å². The second kappa shape index (κ2) is 10.3. The number of fused-ring (bicyclic) bond motifs is 1. The SMILES string of the molecule is O=C(Cc1ccc(-n2c(=O)c3ccccc3n(Cc3ccc(F)cc3)c2=O)cc1)N1CCCCCC1. The topological polar surface area (TPSA) is 64.3 Å². The van der Waals surface area contributed by atoms with Crippen molar-refractivity contribution in [2.24, 2.45) is 0 Å². The summed E-state index contributed by atoms with van der Waals surface area (Å²) in [5.74, 6) is -0.246. The molecule has 0 aliphatic carbocycles. The molecule has 1 aromatic heterocycles. The van der Waals surface area contributed by atoms with Crippen molar-refractivity contribution in [3.05, 3.63) is 111 Å². The Hall–Kier alpha value is -4.00. The number of rotatable bonds is 5. The van der Waals surface area contributed by atoms with Gasteiger partial charge in [0.15, 0.2) is 0 Å². The molecule has 2 heterocycles. The molecular weight excluding hydrogens is 457 g/mol. The van der Waals surface area contributed by atoms with E-state index in [4.69, 9.17) is 0 Å². The highest BCUT2D eigenvalue weighted by atomic mass is 19.1. The van der Waals surface area contributed by atoms with Gasteiger partial charge in [0, 0.05) is 13.1 Å². The van der Waals surface area contributed by atoms with E-state index in [1.165, 1.54) is 16.7 Å². The van der Waals surface area contributed by atoms with Crippen molar-refractivity contribution >= 4 is 16.8 Å². The summed E-state index contributed by atoms with van der Waals surface area (Å²) in [7, 11) is 0. The monoisotopic (exact) mass is 485 g/mol. The molecule has 0 bridgehead atoms. The lowest BCUT2D eigenvalue weighted by Gasteiger charge is -2.20. The summed E-state index contributed by atoms with van der Waals surface area (Å²) in [6, 6.07) is 20.0. The fraction of sp³-hybridized carbons (Fsp3) is 0.276. The van der Waals surface area contributed by atoms with Crippen LogP contribution in [0.1, 0.15) is 36.8 Å². The third-order valence-electron chi connectivity index (χ3n) is 6.81. The molecule has 1 saturated heterocycles. The molecule has 36 heavy (non-hydrogen) atoms. The summed E-state index contributed by atoms with van der Waals surface area (Å²) in [6.07, 6.45) is 4.70. The maximum atomic E-state index is 13.6. The van der Waals surface area contributed by atoms with E-state index < -0.39 is 11.2 Å². The molecule has 0 radical (unpaired) electrons. The number of halogens is 1. The first-order valence-corrected chi connectivity index (χ1v) is 12.4. The van der Waals surface area contributed by atoms with Crippen LogP contribution in [0.2, 0.25) is 0 Å². The summed E-state index contributed by atoms with van der Waals surface area (Å²) < 4.78 is 16.1. The first-order valence-electron chi connectivity index (χ1n) is 12.4. The van der Waals surface area contributed by atoms with Gasteiger partial charge in [-0.2, -0.15) is 0 Å². The third-order valence-corrected chi connectivity index (χ3v) is 6.81. The number of aromatic nitrogens is 2. The molecule has 1 aliphatic heterocycles. The molecule has 3 aromatic carbocycles. The zero-order chi connectivity index (χ0) is 25.1. The number of para-hydroxylation sites is 1. The summed E-state index contributed by atoms with van der Waals surface area (Å²) in [4.78, 5) is 41.6. The van der Waals surface area contributed by atoms with Gasteiger partial charge in [-0.25, -0.2) is 13.8 Å². The molecule has 0 unspecified atom stereocenters. The van der Waals surface area contributed by atoms with Gasteiger partial charge in [0.1, 0.15) is 5.82 Å². The van der Waals surface area contributed by atoms with Gasteiger partial charge in [-0.05, 0) is 60.4 Å². The lowest BCUT2D eigenvalue weighted by atomic mass is 10.1. The molecule has 6 nitrogen and oxygen atoms in total. The number of hydrogen-bond acceptors (Lipinski definition) is 3. The minimum Gasteiger partial charge on any atom is -0.342 e. The van der Waals surface area contributed by atoms with Gasteiger partial charge in [-0.1, -0.05) is 49.2 Å². The van der Waals surface area contributed by atoms with Crippen LogP contribution in [0, 0.1) is 5.82 Å². The third kappa shape index (κ3) is 4.87. The van der Waals surface area contributed by atoms with E-state index in [2.05, 4.69) is 0 Å². The first kappa shape index (κ1) is 23.7. The lowest BCUT2D eigenvalue weighted by molar-refractivity contribution is -0.130. The van der Waals surface area contributed by atoms with Crippen molar-refractivity contribution in [2.75, 3.05) is 13.1 Å². The number of benzene rings is 3. The van der Waals surface area contributed by atoms with Gasteiger partial charge in [0.05, 0.1) is 29.6 Å². The average molecular weight is 486 g/mol. The molecule has 0 saturated carbocycles. The second-order valence-corrected chi connectivity index (χ2v) is 9.29. The molecule has 184 valence electrons. The van der Waals surface area contributed by atoms with Crippen LogP contribution in [-0.2, 0) is 17.8 Å². The molecule has 0 atom stereocenters. The van der Waals surface area contributed by atoms with E-state index in [0.29, 0.717) is 23.0 Å². The maximum Gasteiger partial charge on any atom is 0.336 e. The molecule has 1 fully saturated rings. The molecule has 4 aromatic rings. The van der Waals surface area contributed by atoms with Gasteiger partial charge >= 0.3 is 5.69 Å². The molecule has 7 heteroatoms. The highest BCUT2D eigenvalue weighted by Gasteiger charge is 2.17. The lowest BCUT2D eigenvalue weighted by Crippen LogP contribution is -2.39. The van der Waals surface area contributed by atoms with E-state index in [0.717, 1.165) is 54.5 Å². The van der Waals surface area contributed by atoms with E-state index >= 15 is 0 Å². The summed E-state index contributed by atoms with van der Waals surface area (Å²) in [6.45, 7) is 1.80. The van der Waals surface area contributed by atoms with Crippen molar-refractivity contribution in [2.45, 2.75) is 38.6 Å². The standard InChI is InChI=1S/C29H28FN3O3/c30-23-13-9-22(10-14-23)20-32-26-8-4-3-7-25(26)28(35)33(29(32)36)24-15-11-21(12-16-24)19-27(34)31-17-5-1-2-6-18-31/h3-4,7-16H,1-2,5-6,17-20H2. The summed E-state index contributed by atoms with van der Waals surface area (Å²) in [5.41, 5.74) is 1.67. The van der Waals surface area contributed by atoms with Crippen molar-refractivity contribution in [1.82, 2.24) is 14.0 Å². The number of hydrogen-bond donors (Lipinski definition) is 0. The Kier molecular flexibility index (Phi) is 6.80. The van der Waals surface area contributed by atoms with E-state index in [-0.39, 0.29) is 18.3 Å². The predicted octanol–water partition coefficient (Wildman–Crippen LogP) is 4.28. The number of nitrogens with zero attached hydrogens (tertiary/aromatic N) is 3. The average Bonchev–Trinajstić information content (AvgIpc) is 3.19. The molecule has 5 rings (SSSR count). The molecule has 0 N–H and O–H groups in total. The Labute approximate surface area is 208 Å². The smallest absolute Gasteiger partial charge is 0.336 e. The molecule has 1 aliphatic rings. The minimum atomic E-state index is -0.476. The Bertz CT molecular complexity index is 1500. The van der Waals surface area contributed by atoms with Crippen LogP contribution in [0.5, 0.6) is 0 Å². The fourth-order valence-electron chi connectivity index (χ4n) is 4.84. The Morgan fingerprint density at radius 3 is 2.11 bits per heavy atom. The van der Waals surface area contributed by atoms with Crippen LogP contribution < -0.4 is 11.2 Å². The number of carbonyl (C=O) groups excluding carboxylic acids is 1. The van der Waals surface area contributed by atoms with Crippen LogP contribution in [0.3, 0.4) is 0 Å². The zero-order valence-electron chi connectivity index (χ0n) is 20.0. The minimum absolute atomic E-state index is 0.106. The van der Waals surface area contributed by atoms with Crippen molar-refractivity contribution in [3.63, 3.8) is 0 Å². The van der Waals surface area contributed by atoms with Gasteiger partial charge in [0.2, 0.25) is 5.91 Å². The normalized spacial score (nSPS) is 14.1. The van der Waals surface area contributed by atoms with Crippen LogP contribution in [0.25, 0.3) is 16.6 Å². The quantitative estimate of drug-likeness (QED) is 0.424. The molecule has 1 amide bonds. The van der Waals surface area contributed by atoms with Gasteiger partial charge in [0.25, 0.3) is 5.56 Å². The zero-order valence-corrected chi connectivity index (χ0v) is 20.0. The first-order chi connectivity index (χ1) is 17.5. The highest BCUT2D eigenvalue weighted by Crippen LogP contribution is 2.15. The fourth-order valence-corrected chi connectivity index (χ4v) is 4.84. The van der Waals surface area contributed by atoms with Crippen LogP contribution >= 0.6 is 0 Å². The summed E-state index contributed by atoms with van der Waals surface area (Å²) in [5, 5.41) is 0.416.